The maximum absolute atomic E-state index is 5.92. The van der Waals surface area contributed by atoms with Crippen LogP contribution in [0.5, 0.6) is 0 Å². The number of hydrogen-bond donors (Lipinski definition) is 1. The van der Waals surface area contributed by atoms with Crippen LogP contribution in [0.3, 0.4) is 0 Å². The monoisotopic (exact) mass is 292 g/mol. The average molecular weight is 292 g/mol. The zero-order valence-electron chi connectivity index (χ0n) is 13.0. The molecule has 2 N–H and O–H groups in total. The maximum Gasteiger partial charge on any atom is 0.139 e. The molecular weight excluding hydrogens is 268 g/mol. The van der Waals surface area contributed by atoms with Gasteiger partial charge in [0, 0.05) is 24.8 Å². The minimum atomic E-state index is 0.436. The predicted molar refractivity (Wildman–Crippen MR) is 88.5 cm³/mol. The lowest BCUT2D eigenvalue weighted by Crippen LogP contribution is -2.35. The molecule has 0 bridgehead atoms. The Bertz CT molecular complexity index is 527. The van der Waals surface area contributed by atoms with E-state index in [1.807, 2.05) is 13.0 Å². The van der Waals surface area contributed by atoms with Gasteiger partial charge in [0.25, 0.3) is 0 Å². The molecule has 0 radical (unpaired) electrons. The smallest absolute Gasteiger partial charge is 0.139 e. The van der Waals surface area contributed by atoms with Gasteiger partial charge in [0.15, 0.2) is 0 Å². The van der Waals surface area contributed by atoms with Gasteiger partial charge >= 0.3 is 0 Å². The molecule has 5 heteroatoms. The van der Waals surface area contributed by atoms with Crippen LogP contribution in [0.15, 0.2) is 6.07 Å². The van der Waals surface area contributed by atoms with Gasteiger partial charge in [0.2, 0.25) is 0 Å². The van der Waals surface area contributed by atoms with E-state index >= 15 is 0 Å². The molecule has 1 aliphatic rings. The minimum Gasteiger partial charge on any atom is -0.389 e. The van der Waals surface area contributed by atoms with Crippen LogP contribution in [0, 0.1) is 19.8 Å². The number of thiocarbonyl (C=S) groups is 1. The first-order chi connectivity index (χ1) is 9.31. The average Bonchev–Trinajstić information content (AvgIpc) is 2.69. The van der Waals surface area contributed by atoms with Crippen LogP contribution < -0.4 is 10.6 Å². The van der Waals surface area contributed by atoms with Crippen molar-refractivity contribution in [1.29, 1.82) is 0 Å². The lowest BCUT2D eigenvalue weighted by Gasteiger charge is -2.24. The second kappa shape index (κ2) is 5.66. The van der Waals surface area contributed by atoms with Gasteiger partial charge in [-0.05, 0) is 45.5 Å². The Morgan fingerprint density at radius 2 is 2.05 bits per heavy atom. The van der Waals surface area contributed by atoms with E-state index in [0.29, 0.717) is 16.9 Å². The third-order valence-corrected chi connectivity index (χ3v) is 4.31. The molecule has 0 amide bonds. The molecule has 2 unspecified atom stereocenters. The summed E-state index contributed by atoms with van der Waals surface area (Å²) in [6.45, 7) is 8.32. The number of rotatable bonds is 3. The van der Waals surface area contributed by atoms with Crippen molar-refractivity contribution < 1.29 is 0 Å². The van der Waals surface area contributed by atoms with Crippen LogP contribution in [-0.2, 0) is 0 Å². The second-order valence-corrected chi connectivity index (χ2v) is 6.50. The van der Waals surface area contributed by atoms with Gasteiger partial charge < -0.3 is 15.5 Å². The van der Waals surface area contributed by atoms with E-state index in [1.165, 1.54) is 0 Å². The SMILES string of the molecule is Cc1cc(C)c(C(N)=S)c(N2CC(C)C(N(C)C)C2)n1. The molecule has 4 nitrogen and oxygen atoms in total. The van der Waals surface area contributed by atoms with Crippen molar-refractivity contribution in [2.75, 3.05) is 32.1 Å². The van der Waals surface area contributed by atoms with Crippen LogP contribution in [0.25, 0.3) is 0 Å². The fourth-order valence-electron chi connectivity index (χ4n) is 3.15. The highest BCUT2D eigenvalue weighted by Gasteiger charge is 2.33. The van der Waals surface area contributed by atoms with E-state index in [9.17, 15) is 0 Å². The van der Waals surface area contributed by atoms with Crippen LogP contribution in [0.4, 0.5) is 5.82 Å². The third kappa shape index (κ3) is 2.79. The Kier molecular flexibility index (Phi) is 4.30. The van der Waals surface area contributed by atoms with Gasteiger partial charge in [-0.1, -0.05) is 19.1 Å². The number of nitrogens with two attached hydrogens (primary N) is 1. The van der Waals surface area contributed by atoms with Crippen molar-refractivity contribution in [2.45, 2.75) is 26.8 Å². The molecule has 1 aromatic rings. The summed E-state index contributed by atoms with van der Waals surface area (Å²) in [4.78, 5) is 9.75. The van der Waals surface area contributed by atoms with Crippen molar-refractivity contribution in [3.8, 4) is 0 Å². The normalized spacial score (nSPS) is 22.6. The lowest BCUT2D eigenvalue weighted by atomic mass is 10.1. The summed E-state index contributed by atoms with van der Waals surface area (Å²) in [5.74, 6) is 1.55. The number of nitrogens with zero attached hydrogens (tertiary/aromatic N) is 3. The first-order valence-electron chi connectivity index (χ1n) is 7.00. The molecule has 20 heavy (non-hydrogen) atoms. The molecule has 1 aliphatic heterocycles. The molecule has 0 spiro atoms. The van der Waals surface area contributed by atoms with Crippen molar-refractivity contribution in [2.24, 2.45) is 11.7 Å². The van der Waals surface area contributed by atoms with Crippen molar-refractivity contribution in [3.05, 3.63) is 22.9 Å². The fourth-order valence-corrected chi connectivity index (χ4v) is 3.40. The van der Waals surface area contributed by atoms with Gasteiger partial charge in [-0.25, -0.2) is 4.98 Å². The zero-order valence-corrected chi connectivity index (χ0v) is 13.8. The second-order valence-electron chi connectivity index (χ2n) is 6.06. The largest absolute Gasteiger partial charge is 0.389 e. The molecule has 1 fully saturated rings. The summed E-state index contributed by atoms with van der Waals surface area (Å²) < 4.78 is 0. The molecule has 0 aliphatic carbocycles. The van der Waals surface area contributed by atoms with E-state index in [-0.39, 0.29) is 0 Å². The topological polar surface area (TPSA) is 45.4 Å². The summed E-state index contributed by atoms with van der Waals surface area (Å²) in [6, 6.07) is 2.58. The summed E-state index contributed by atoms with van der Waals surface area (Å²) in [7, 11) is 4.27. The maximum atomic E-state index is 5.92. The number of pyridine rings is 1. The Labute approximate surface area is 127 Å². The molecule has 1 aromatic heterocycles. The zero-order chi connectivity index (χ0) is 15.0. The fraction of sp³-hybridized carbons (Fsp3) is 0.600. The molecule has 0 aromatic carbocycles. The van der Waals surface area contributed by atoms with E-state index in [2.05, 4.69) is 37.7 Å². The molecular formula is C15H24N4S. The van der Waals surface area contributed by atoms with Crippen molar-refractivity contribution in [1.82, 2.24) is 9.88 Å². The predicted octanol–water partition coefficient (Wildman–Crippen LogP) is 1.72. The van der Waals surface area contributed by atoms with Gasteiger partial charge in [-0.3, -0.25) is 0 Å². The number of likely N-dealkylation sites (N-methyl/N-ethyl adjacent to an activating group) is 1. The lowest BCUT2D eigenvalue weighted by molar-refractivity contribution is 0.266. The van der Waals surface area contributed by atoms with Crippen LogP contribution in [0.1, 0.15) is 23.7 Å². The van der Waals surface area contributed by atoms with Gasteiger partial charge in [-0.2, -0.15) is 0 Å². The third-order valence-electron chi connectivity index (χ3n) is 4.11. The number of aryl methyl sites for hydroxylation is 2. The first-order valence-corrected chi connectivity index (χ1v) is 7.41. The van der Waals surface area contributed by atoms with E-state index < -0.39 is 0 Å². The van der Waals surface area contributed by atoms with Crippen molar-refractivity contribution >= 4 is 23.0 Å². The number of anilines is 1. The highest BCUT2D eigenvalue weighted by atomic mass is 32.1. The van der Waals surface area contributed by atoms with Gasteiger partial charge in [0.05, 0.1) is 5.56 Å². The highest BCUT2D eigenvalue weighted by molar-refractivity contribution is 7.80. The Hall–Kier alpha value is -1.20. The van der Waals surface area contributed by atoms with E-state index in [0.717, 1.165) is 35.7 Å². The standard InChI is InChI=1S/C15H24N4S/c1-9-6-11(3)17-15(13(9)14(16)20)19-7-10(2)12(8-19)18(4)5/h6,10,12H,7-8H2,1-5H3,(H2,16,20). The summed E-state index contributed by atoms with van der Waals surface area (Å²) in [5.41, 5.74) is 8.97. The first kappa shape index (κ1) is 15.2. The molecule has 2 heterocycles. The van der Waals surface area contributed by atoms with Crippen molar-refractivity contribution in [3.63, 3.8) is 0 Å². The van der Waals surface area contributed by atoms with Gasteiger partial charge in [0.1, 0.15) is 10.8 Å². The molecule has 2 atom stereocenters. The Balaban J connectivity index is 2.41. The molecule has 1 saturated heterocycles. The van der Waals surface area contributed by atoms with E-state index in [1.54, 1.807) is 0 Å². The Morgan fingerprint density at radius 1 is 1.40 bits per heavy atom. The number of aromatic nitrogens is 1. The minimum absolute atomic E-state index is 0.436. The molecule has 0 saturated carbocycles. The summed E-state index contributed by atoms with van der Waals surface area (Å²) in [5, 5.41) is 0. The van der Waals surface area contributed by atoms with Crippen LogP contribution in [0.2, 0.25) is 0 Å². The molecule has 2 rings (SSSR count). The van der Waals surface area contributed by atoms with Crippen LogP contribution >= 0.6 is 12.2 Å². The summed E-state index contributed by atoms with van der Waals surface area (Å²) >= 11 is 5.23. The Morgan fingerprint density at radius 3 is 2.55 bits per heavy atom. The van der Waals surface area contributed by atoms with E-state index in [4.69, 9.17) is 22.9 Å². The quantitative estimate of drug-likeness (QED) is 0.860. The van der Waals surface area contributed by atoms with Gasteiger partial charge in [-0.15, -0.1) is 0 Å². The summed E-state index contributed by atoms with van der Waals surface area (Å²) in [6.07, 6.45) is 0. The van der Waals surface area contributed by atoms with Crippen LogP contribution in [-0.4, -0.2) is 48.1 Å². The highest BCUT2D eigenvalue weighted by Crippen LogP contribution is 2.29. The number of hydrogen-bond acceptors (Lipinski definition) is 4. The molecule has 110 valence electrons.